The van der Waals surface area contributed by atoms with Crippen LogP contribution in [0.3, 0.4) is 0 Å². The Kier molecular flexibility index (Phi) is 3.29. The highest BCUT2D eigenvalue weighted by Crippen LogP contribution is 2.38. The average molecular weight is 255 g/mol. The fourth-order valence-corrected chi connectivity index (χ4v) is 3.14. The van der Waals surface area contributed by atoms with Gasteiger partial charge in [0.25, 0.3) is 0 Å². The summed E-state index contributed by atoms with van der Waals surface area (Å²) in [6.07, 6.45) is 4.30. The van der Waals surface area contributed by atoms with Crippen LogP contribution in [0.5, 0.6) is 0 Å². The number of rotatable bonds is 4. The second kappa shape index (κ2) is 4.95. The van der Waals surface area contributed by atoms with E-state index in [4.69, 9.17) is 10.5 Å². The largest absolute Gasteiger partial charge is 0.377 e. The maximum Gasteiger partial charge on any atom is 0.0832 e. The molecule has 3 rings (SSSR count). The second-order valence-electron chi connectivity index (χ2n) is 5.57. The Morgan fingerprint density at radius 1 is 1.16 bits per heavy atom. The number of ether oxygens (including phenoxy) is 1. The molecule has 2 nitrogen and oxygen atoms in total. The van der Waals surface area contributed by atoms with Gasteiger partial charge in [-0.2, -0.15) is 0 Å². The van der Waals surface area contributed by atoms with Gasteiger partial charge in [0.05, 0.1) is 5.60 Å². The molecule has 0 saturated heterocycles. The molecule has 1 fully saturated rings. The third kappa shape index (κ3) is 2.15. The van der Waals surface area contributed by atoms with Crippen molar-refractivity contribution in [2.45, 2.75) is 37.3 Å². The minimum atomic E-state index is -0.0864. The molecule has 1 aliphatic carbocycles. The smallest absolute Gasteiger partial charge is 0.0832 e. The van der Waals surface area contributed by atoms with Crippen LogP contribution < -0.4 is 5.73 Å². The van der Waals surface area contributed by atoms with Crippen molar-refractivity contribution in [3.63, 3.8) is 0 Å². The maximum atomic E-state index is 6.42. The summed E-state index contributed by atoms with van der Waals surface area (Å²) >= 11 is 0. The molecule has 0 bridgehead atoms. The first kappa shape index (κ1) is 12.6. The van der Waals surface area contributed by atoms with Crippen LogP contribution in [0.4, 0.5) is 0 Å². The second-order valence-corrected chi connectivity index (χ2v) is 5.57. The zero-order valence-corrected chi connectivity index (χ0v) is 11.4. The SMILES string of the molecule is COC1(C(N)Cc2cccc3ccccc23)CCC1. The molecule has 0 heterocycles. The van der Waals surface area contributed by atoms with Crippen molar-refractivity contribution >= 4 is 10.8 Å². The van der Waals surface area contributed by atoms with E-state index in [1.54, 1.807) is 7.11 Å². The minimum absolute atomic E-state index is 0.0806. The molecule has 0 spiro atoms. The van der Waals surface area contributed by atoms with Crippen molar-refractivity contribution in [3.8, 4) is 0 Å². The van der Waals surface area contributed by atoms with Crippen LogP contribution in [0, 0.1) is 0 Å². The Balaban J connectivity index is 1.89. The van der Waals surface area contributed by atoms with Crippen molar-refractivity contribution in [2.24, 2.45) is 5.73 Å². The Labute approximate surface area is 114 Å². The van der Waals surface area contributed by atoms with Crippen molar-refractivity contribution < 1.29 is 4.74 Å². The van der Waals surface area contributed by atoms with E-state index in [9.17, 15) is 0 Å². The quantitative estimate of drug-likeness (QED) is 0.910. The van der Waals surface area contributed by atoms with Crippen LogP contribution in [0.15, 0.2) is 42.5 Å². The standard InChI is InChI=1S/C17H21NO/c1-19-17(10-5-11-17)16(18)12-14-8-4-7-13-6-2-3-9-15(13)14/h2-4,6-9,16H,5,10-12,18H2,1H3. The van der Waals surface area contributed by atoms with Gasteiger partial charge in [-0.05, 0) is 42.0 Å². The summed E-state index contributed by atoms with van der Waals surface area (Å²) < 4.78 is 5.69. The summed E-state index contributed by atoms with van der Waals surface area (Å²) in [6, 6.07) is 15.0. The lowest BCUT2D eigenvalue weighted by molar-refractivity contribution is -0.0896. The highest BCUT2D eigenvalue weighted by molar-refractivity contribution is 5.85. The van der Waals surface area contributed by atoms with Crippen LogP contribution in [0.25, 0.3) is 10.8 Å². The summed E-state index contributed by atoms with van der Waals surface area (Å²) in [5.41, 5.74) is 7.66. The summed E-state index contributed by atoms with van der Waals surface area (Å²) in [4.78, 5) is 0. The lowest BCUT2D eigenvalue weighted by Crippen LogP contribution is -2.55. The molecule has 1 unspecified atom stereocenters. The number of hydrogen-bond acceptors (Lipinski definition) is 2. The molecule has 0 amide bonds. The molecule has 0 aliphatic heterocycles. The lowest BCUT2D eigenvalue weighted by atomic mass is 9.73. The monoisotopic (exact) mass is 255 g/mol. The molecular weight excluding hydrogens is 234 g/mol. The Morgan fingerprint density at radius 3 is 2.58 bits per heavy atom. The topological polar surface area (TPSA) is 35.2 Å². The van der Waals surface area contributed by atoms with Gasteiger partial charge in [-0.25, -0.2) is 0 Å². The van der Waals surface area contributed by atoms with E-state index in [1.165, 1.54) is 22.8 Å². The normalized spacial score (nSPS) is 19.1. The number of hydrogen-bond donors (Lipinski definition) is 1. The molecule has 2 heteroatoms. The predicted octanol–water partition coefficient (Wildman–Crippen LogP) is 3.28. The summed E-state index contributed by atoms with van der Waals surface area (Å²) in [5.74, 6) is 0. The first-order chi connectivity index (χ1) is 9.25. The zero-order chi connectivity index (χ0) is 13.3. The van der Waals surface area contributed by atoms with Crippen LogP contribution in [-0.4, -0.2) is 18.8 Å². The van der Waals surface area contributed by atoms with Gasteiger partial charge in [0, 0.05) is 13.2 Å². The highest BCUT2D eigenvalue weighted by atomic mass is 16.5. The van der Waals surface area contributed by atoms with E-state index in [2.05, 4.69) is 42.5 Å². The lowest BCUT2D eigenvalue weighted by Gasteiger charge is -2.45. The number of fused-ring (bicyclic) bond motifs is 1. The van der Waals surface area contributed by atoms with E-state index in [1.807, 2.05) is 0 Å². The van der Waals surface area contributed by atoms with Gasteiger partial charge >= 0.3 is 0 Å². The van der Waals surface area contributed by atoms with Gasteiger partial charge in [-0.3, -0.25) is 0 Å². The Bertz CT molecular complexity index is 563. The van der Waals surface area contributed by atoms with Crippen LogP contribution in [-0.2, 0) is 11.2 Å². The number of nitrogens with two attached hydrogens (primary N) is 1. The summed E-state index contributed by atoms with van der Waals surface area (Å²) in [6.45, 7) is 0. The number of methoxy groups -OCH3 is 1. The molecule has 2 aromatic carbocycles. The van der Waals surface area contributed by atoms with Crippen LogP contribution >= 0.6 is 0 Å². The van der Waals surface area contributed by atoms with Gasteiger partial charge in [0.15, 0.2) is 0 Å². The summed E-state index contributed by atoms with van der Waals surface area (Å²) in [5, 5.41) is 2.60. The number of benzene rings is 2. The molecule has 1 saturated carbocycles. The van der Waals surface area contributed by atoms with Crippen molar-refractivity contribution in [1.82, 2.24) is 0 Å². The van der Waals surface area contributed by atoms with Gasteiger partial charge < -0.3 is 10.5 Å². The van der Waals surface area contributed by atoms with Crippen molar-refractivity contribution in [1.29, 1.82) is 0 Å². The van der Waals surface area contributed by atoms with Gasteiger partial charge in [0.1, 0.15) is 0 Å². The first-order valence-electron chi connectivity index (χ1n) is 7.02. The molecule has 0 radical (unpaired) electrons. The maximum absolute atomic E-state index is 6.42. The molecule has 2 N–H and O–H groups in total. The fraction of sp³-hybridized carbons (Fsp3) is 0.412. The van der Waals surface area contributed by atoms with E-state index >= 15 is 0 Å². The van der Waals surface area contributed by atoms with Gasteiger partial charge in [-0.15, -0.1) is 0 Å². The Morgan fingerprint density at radius 2 is 1.89 bits per heavy atom. The molecule has 19 heavy (non-hydrogen) atoms. The third-order valence-corrected chi connectivity index (χ3v) is 4.60. The molecule has 1 aliphatic rings. The fourth-order valence-electron chi connectivity index (χ4n) is 3.14. The molecule has 1 atom stereocenters. The van der Waals surface area contributed by atoms with E-state index in [0.29, 0.717) is 0 Å². The third-order valence-electron chi connectivity index (χ3n) is 4.60. The molecular formula is C17H21NO. The van der Waals surface area contributed by atoms with E-state index in [0.717, 1.165) is 19.3 Å². The predicted molar refractivity (Wildman–Crippen MR) is 79.2 cm³/mol. The van der Waals surface area contributed by atoms with Crippen LogP contribution in [0.1, 0.15) is 24.8 Å². The van der Waals surface area contributed by atoms with E-state index in [-0.39, 0.29) is 11.6 Å². The van der Waals surface area contributed by atoms with Gasteiger partial charge in [-0.1, -0.05) is 42.5 Å². The Hall–Kier alpha value is -1.38. The van der Waals surface area contributed by atoms with Crippen molar-refractivity contribution in [2.75, 3.05) is 7.11 Å². The van der Waals surface area contributed by atoms with Gasteiger partial charge in [0.2, 0.25) is 0 Å². The van der Waals surface area contributed by atoms with E-state index < -0.39 is 0 Å². The minimum Gasteiger partial charge on any atom is -0.377 e. The highest BCUT2D eigenvalue weighted by Gasteiger charge is 2.42. The summed E-state index contributed by atoms with van der Waals surface area (Å²) in [7, 11) is 1.79. The molecule has 100 valence electrons. The van der Waals surface area contributed by atoms with Crippen molar-refractivity contribution in [3.05, 3.63) is 48.0 Å². The molecule has 0 aromatic heterocycles. The molecule has 2 aromatic rings. The van der Waals surface area contributed by atoms with Crippen LogP contribution in [0.2, 0.25) is 0 Å². The zero-order valence-electron chi connectivity index (χ0n) is 11.4. The first-order valence-corrected chi connectivity index (χ1v) is 7.02. The average Bonchev–Trinajstić information content (AvgIpc) is 2.38.